The van der Waals surface area contributed by atoms with Crippen LogP contribution in [0.2, 0.25) is 0 Å². The van der Waals surface area contributed by atoms with Crippen LogP contribution >= 0.6 is 24.0 Å². The molecule has 0 radical (unpaired) electrons. The second kappa shape index (κ2) is 7.58. The molecule has 102 valence electrons. The molecule has 0 aliphatic carbocycles. The number of thiocarbonyl (C=S) groups is 1. The quantitative estimate of drug-likeness (QED) is 0.438. The number of allylic oxidation sites excluding steroid dienone is 1. The van der Waals surface area contributed by atoms with E-state index < -0.39 is 18.7 Å². The van der Waals surface area contributed by atoms with E-state index >= 15 is 0 Å². The Labute approximate surface area is 116 Å². The number of carbonyl (C=O) groups excluding carboxylic acids is 1. The maximum absolute atomic E-state index is 12.9. The van der Waals surface area contributed by atoms with Crippen molar-refractivity contribution in [2.75, 3.05) is 25.3 Å². The monoisotopic (exact) mass is 292 g/mol. The van der Waals surface area contributed by atoms with Gasteiger partial charge in [-0.25, -0.2) is 9.18 Å². The van der Waals surface area contributed by atoms with Crippen LogP contribution in [0.25, 0.3) is 0 Å². The van der Waals surface area contributed by atoms with Crippen LogP contribution in [-0.4, -0.2) is 42.4 Å². The van der Waals surface area contributed by atoms with Crippen LogP contribution in [0, 0.1) is 0 Å². The summed E-state index contributed by atoms with van der Waals surface area (Å²) in [4.78, 5) is 11.9. The third kappa shape index (κ3) is 4.13. The summed E-state index contributed by atoms with van der Waals surface area (Å²) in [6.07, 6.45) is 2.78. The van der Waals surface area contributed by atoms with E-state index in [0.29, 0.717) is 17.4 Å². The van der Waals surface area contributed by atoms with Crippen molar-refractivity contribution in [2.24, 2.45) is 0 Å². The van der Waals surface area contributed by atoms with E-state index in [9.17, 15) is 9.18 Å². The average molecular weight is 292 g/mol. The first-order valence-electron chi connectivity index (χ1n) is 5.60. The molecule has 7 heteroatoms. The van der Waals surface area contributed by atoms with Crippen LogP contribution in [0.1, 0.15) is 13.3 Å². The van der Waals surface area contributed by atoms with E-state index in [0.717, 1.165) is 12.2 Å². The second-order valence-electron chi connectivity index (χ2n) is 3.83. The summed E-state index contributed by atoms with van der Waals surface area (Å²) in [7, 11) is 0. The SMILES string of the molecule is CSCCCOC(=O)C1=C(C)NC(=S)NC1CF. The second-order valence-corrected chi connectivity index (χ2v) is 5.22. The minimum atomic E-state index is -0.716. The van der Waals surface area contributed by atoms with Gasteiger partial charge in [-0.1, -0.05) is 0 Å². The molecule has 0 aromatic carbocycles. The van der Waals surface area contributed by atoms with Gasteiger partial charge in [-0.05, 0) is 37.6 Å². The van der Waals surface area contributed by atoms with Gasteiger partial charge in [-0.15, -0.1) is 0 Å². The maximum atomic E-state index is 12.9. The Morgan fingerprint density at radius 2 is 2.33 bits per heavy atom. The Kier molecular flexibility index (Phi) is 6.42. The highest BCUT2D eigenvalue weighted by molar-refractivity contribution is 7.98. The molecule has 0 amide bonds. The minimum absolute atomic E-state index is 0.287. The van der Waals surface area contributed by atoms with Crippen LogP contribution in [0.5, 0.6) is 0 Å². The summed E-state index contributed by atoms with van der Waals surface area (Å²) in [6, 6.07) is -0.716. The van der Waals surface area contributed by atoms with Gasteiger partial charge in [0.25, 0.3) is 0 Å². The lowest BCUT2D eigenvalue weighted by Crippen LogP contribution is -2.50. The molecule has 1 aliphatic rings. The first-order chi connectivity index (χ1) is 8.60. The fourth-order valence-electron chi connectivity index (χ4n) is 1.62. The summed E-state index contributed by atoms with van der Waals surface area (Å²) < 4.78 is 18.0. The molecule has 0 saturated heterocycles. The van der Waals surface area contributed by atoms with Crippen molar-refractivity contribution in [1.29, 1.82) is 0 Å². The van der Waals surface area contributed by atoms with Crippen LogP contribution < -0.4 is 10.6 Å². The number of esters is 1. The fraction of sp³-hybridized carbons (Fsp3) is 0.636. The van der Waals surface area contributed by atoms with E-state index in [1.54, 1.807) is 18.7 Å². The highest BCUT2D eigenvalue weighted by Crippen LogP contribution is 2.14. The zero-order valence-corrected chi connectivity index (χ0v) is 12.0. The van der Waals surface area contributed by atoms with E-state index in [4.69, 9.17) is 17.0 Å². The number of ether oxygens (including phenoxy) is 1. The third-order valence-electron chi connectivity index (χ3n) is 2.46. The molecular formula is C11H17FN2O2S2. The Balaban J connectivity index is 2.63. The Hall–Kier alpha value is -0.820. The van der Waals surface area contributed by atoms with Gasteiger partial charge in [-0.2, -0.15) is 11.8 Å². The topological polar surface area (TPSA) is 50.4 Å². The Bertz CT molecular complexity index is 361. The summed E-state index contributed by atoms with van der Waals surface area (Å²) in [6.45, 7) is 1.34. The molecule has 0 aromatic rings. The van der Waals surface area contributed by atoms with Crippen molar-refractivity contribution in [3.63, 3.8) is 0 Å². The average Bonchev–Trinajstić information content (AvgIpc) is 2.33. The molecule has 18 heavy (non-hydrogen) atoms. The first-order valence-corrected chi connectivity index (χ1v) is 7.40. The van der Waals surface area contributed by atoms with Gasteiger partial charge in [-0.3, -0.25) is 0 Å². The van der Waals surface area contributed by atoms with Crippen molar-refractivity contribution >= 4 is 35.1 Å². The minimum Gasteiger partial charge on any atom is -0.462 e. The Morgan fingerprint density at radius 1 is 1.61 bits per heavy atom. The van der Waals surface area contributed by atoms with E-state index in [2.05, 4.69) is 10.6 Å². The molecule has 0 saturated carbocycles. The van der Waals surface area contributed by atoms with Crippen LogP contribution in [0.4, 0.5) is 4.39 Å². The number of hydrogen-bond donors (Lipinski definition) is 2. The molecule has 4 nitrogen and oxygen atoms in total. The summed E-state index contributed by atoms with van der Waals surface area (Å²) >= 11 is 6.60. The molecule has 1 heterocycles. The summed E-state index contributed by atoms with van der Waals surface area (Å²) in [5, 5.41) is 5.84. The summed E-state index contributed by atoms with van der Waals surface area (Å²) in [5.74, 6) is 0.442. The van der Waals surface area contributed by atoms with Crippen LogP contribution in [0.15, 0.2) is 11.3 Å². The van der Waals surface area contributed by atoms with Crippen molar-refractivity contribution in [3.05, 3.63) is 11.3 Å². The molecule has 2 N–H and O–H groups in total. The highest BCUT2D eigenvalue weighted by atomic mass is 32.2. The zero-order chi connectivity index (χ0) is 13.5. The third-order valence-corrected chi connectivity index (χ3v) is 3.38. The van der Waals surface area contributed by atoms with E-state index in [1.807, 2.05) is 6.26 Å². The number of halogens is 1. The molecule has 0 aromatic heterocycles. The van der Waals surface area contributed by atoms with Crippen LogP contribution in [0.3, 0.4) is 0 Å². The van der Waals surface area contributed by atoms with Crippen molar-refractivity contribution in [3.8, 4) is 0 Å². The van der Waals surface area contributed by atoms with Gasteiger partial charge < -0.3 is 15.4 Å². The van der Waals surface area contributed by atoms with Crippen molar-refractivity contribution in [2.45, 2.75) is 19.4 Å². The zero-order valence-electron chi connectivity index (χ0n) is 10.4. The van der Waals surface area contributed by atoms with Gasteiger partial charge >= 0.3 is 5.97 Å². The normalized spacial score (nSPS) is 19.3. The largest absolute Gasteiger partial charge is 0.462 e. The Morgan fingerprint density at radius 3 is 2.94 bits per heavy atom. The molecule has 0 spiro atoms. The maximum Gasteiger partial charge on any atom is 0.337 e. The highest BCUT2D eigenvalue weighted by Gasteiger charge is 2.29. The molecular weight excluding hydrogens is 275 g/mol. The van der Waals surface area contributed by atoms with E-state index in [1.165, 1.54) is 0 Å². The molecule has 1 unspecified atom stereocenters. The number of thioether (sulfide) groups is 1. The number of rotatable bonds is 6. The van der Waals surface area contributed by atoms with Crippen molar-refractivity contribution < 1.29 is 13.9 Å². The predicted molar refractivity (Wildman–Crippen MR) is 75.3 cm³/mol. The van der Waals surface area contributed by atoms with Gasteiger partial charge in [0.15, 0.2) is 5.11 Å². The van der Waals surface area contributed by atoms with Crippen molar-refractivity contribution in [1.82, 2.24) is 10.6 Å². The number of hydrogen-bond acceptors (Lipinski definition) is 4. The number of nitrogens with one attached hydrogen (secondary N) is 2. The van der Waals surface area contributed by atoms with Gasteiger partial charge in [0.1, 0.15) is 6.67 Å². The van der Waals surface area contributed by atoms with Gasteiger partial charge in [0.05, 0.1) is 18.2 Å². The van der Waals surface area contributed by atoms with Gasteiger partial charge in [0.2, 0.25) is 0 Å². The molecule has 0 fully saturated rings. The standard InChI is InChI=1S/C11H17FN2O2S2/c1-7-9(8(6-12)14-11(17)13-7)10(15)16-4-3-5-18-2/h8H,3-6H2,1-2H3,(H2,13,14,17). The van der Waals surface area contributed by atoms with Gasteiger partial charge in [0, 0.05) is 5.70 Å². The first kappa shape index (κ1) is 15.2. The predicted octanol–water partition coefficient (Wildman–Crippen LogP) is 1.37. The van der Waals surface area contributed by atoms with E-state index in [-0.39, 0.29) is 5.57 Å². The molecule has 1 aliphatic heterocycles. The smallest absolute Gasteiger partial charge is 0.337 e. The van der Waals surface area contributed by atoms with Crippen LogP contribution in [-0.2, 0) is 9.53 Å². The molecule has 1 rings (SSSR count). The fourth-order valence-corrected chi connectivity index (χ4v) is 2.32. The lowest BCUT2D eigenvalue weighted by atomic mass is 10.0. The number of carbonyl (C=O) groups is 1. The molecule has 1 atom stereocenters. The lowest BCUT2D eigenvalue weighted by molar-refractivity contribution is -0.139. The number of alkyl halides is 1. The molecule has 0 bridgehead atoms. The lowest BCUT2D eigenvalue weighted by Gasteiger charge is -2.27. The summed E-state index contributed by atoms with van der Waals surface area (Å²) in [5.41, 5.74) is 0.839.